The molecule has 0 aromatic carbocycles. The maximum atomic E-state index is 11.6. The Labute approximate surface area is 87.4 Å². The van der Waals surface area contributed by atoms with E-state index in [1.54, 1.807) is 6.07 Å². The lowest BCUT2D eigenvalue weighted by Gasteiger charge is -2.11. The van der Waals surface area contributed by atoms with Crippen molar-refractivity contribution in [3.8, 4) is 0 Å². The fraction of sp³-hybridized carbons (Fsp3) is 0.500. The first-order valence-electron chi connectivity index (χ1n) is 4.72. The molecule has 1 amide bonds. The molecule has 1 saturated carbocycles. The Morgan fingerprint density at radius 2 is 2.43 bits per heavy atom. The Morgan fingerprint density at radius 3 is 2.93 bits per heavy atom. The number of carbonyl (C=O) groups is 1. The van der Waals surface area contributed by atoms with E-state index in [0.717, 1.165) is 0 Å². The van der Waals surface area contributed by atoms with Gasteiger partial charge in [0.05, 0.1) is 11.8 Å². The lowest BCUT2D eigenvalue weighted by Crippen LogP contribution is -2.33. The van der Waals surface area contributed by atoms with E-state index < -0.39 is 0 Å². The third-order valence-corrected chi connectivity index (χ3v) is 2.84. The molecule has 1 N–H and O–H groups in total. The fourth-order valence-electron chi connectivity index (χ4n) is 1.45. The average molecular weight is 214 g/mol. The topological polar surface area (TPSA) is 42.2 Å². The molecule has 1 aliphatic rings. The van der Waals surface area contributed by atoms with Crippen molar-refractivity contribution >= 4 is 17.5 Å². The lowest BCUT2D eigenvalue weighted by molar-refractivity contribution is 0.0935. The molecule has 2 rings (SSSR count). The summed E-state index contributed by atoms with van der Waals surface area (Å²) in [4.78, 5) is 11.6. The third kappa shape index (κ3) is 1.93. The molecule has 1 fully saturated rings. The zero-order chi connectivity index (χ0) is 10.1. The SMILES string of the molecule is C[C@@H](NC(=O)c1ccoc1Cl)C1CC1. The maximum absolute atomic E-state index is 11.6. The number of furan rings is 1. The number of hydrogen-bond acceptors (Lipinski definition) is 2. The second-order valence-electron chi connectivity index (χ2n) is 3.71. The van der Waals surface area contributed by atoms with Gasteiger partial charge in [-0.2, -0.15) is 0 Å². The molecule has 1 aromatic heterocycles. The van der Waals surface area contributed by atoms with Crippen molar-refractivity contribution in [2.45, 2.75) is 25.8 Å². The van der Waals surface area contributed by atoms with E-state index >= 15 is 0 Å². The van der Waals surface area contributed by atoms with E-state index in [9.17, 15) is 4.79 Å². The molecule has 0 radical (unpaired) electrons. The Bertz CT molecular complexity index is 344. The summed E-state index contributed by atoms with van der Waals surface area (Å²) in [5.41, 5.74) is 0.416. The van der Waals surface area contributed by atoms with E-state index in [-0.39, 0.29) is 17.2 Å². The highest BCUT2D eigenvalue weighted by atomic mass is 35.5. The van der Waals surface area contributed by atoms with Crippen LogP contribution in [0.25, 0.3) is 0 Å². The van der Waals surface area contributed by atoms with E-state index in [1.165, 1.54) is 19.1 Å². The number of rotatable bonds is 3. The molecule has 14 heavy (non-hydrogen) atoms. The van der Waals surface area contributed by atoms with Gasteiger partial charge in [0.1, 0.15) is 0 Å². The van der Waals surface area contributed by atoms with Gasteiger partial charge in [-0.15, -0.1) is 0 Å². The largest absolute Gasteiger partial charge is 0.452 e. The highest BCUT2D eigenvalue weighted by Crippen LogP contribution is 2.32. The highest BCUT2D eigenvalue weighted by Gasteiger charge is 2.29. The van der Waals surface area contributed by atoms with Gasteiger partial charge in [0.15, 0.2) is 0 Å². The minimum absolute atomic E-state index is 0.150. The summed E-state index contributed by atoms with van der Waals surface area (Å²) in [6.07, 6.45) is 3.83. The zero-order valence-corrected chi connectivity index (χ0v) is 8.67. The zero-order valence-electron chi connectivity index (χ0n) is 7.92. The van der Waals surface area contributed by atoms with Crippen molar-refractivity contribution in [1.29, 1.82) is 0 Å². The molecule has 1 heterocycles. The van der Waals surface area contributed by atoms with Crippen molar-refractivity contribution in [3.05, 3.63) is 23.1 Å². The molecule has 0 saturated heterocycles. The first-order valence-corrected chi connectivity index (χ1v) is 5.10. The van der Waals surface area contributed by atoms with Gasteiger partial charge in [0.2, 0.25) is 5.22 Å². The Morgan fingerprint density at radius 1 is 1.71 bits per heavy atom. The maximum Gasteiger partial charge on any atom is 0.256 e. The van der Waals surface area contributed by atoms with Crippen molar-refractivity contribution in [1.82, 2.24) is 5.32 Å². The molecular formula is C10H12ClNO2. The number of amides is 1. The molecule has 0 spiro atoms. The summed E-state index contributed by atoms with van der Waals surface area (Å²) in [6, 6.07) is 1.81. The van der Waals surface area contributed by atoms with Crippen LogP contribution in [0.4, 0.5) is 0 Å². The third-order valence-electron chi connectivity index (χ3n) is 2.55. The van der Waals surface area contributed by atoms with Gasteiger partial charge in [-0.3, -0.25) is 4.79 Å². The lowest BCUT2D eigenvalue weighted by atomic mass is 10.2. The van der Waals surface area contributed by atoms with E-state index in [2.05, 4.69) is 5.32 Å². The molecule has 3 nitrogen and oxygen atoms in total. The number of nitrogens with one attached hydrogen (secondary N) is 1. The van der Waals surface area contributed by atoms with Gasteiger partial charge in [-0.25, -0.2) is 0 Å². The fourth-order valence-corrected chi connectivity index (χ4v) is 1.65. The Balaban J connectivity index is 1.98. The highest BCUT2D eigenvalue weighted by molar-refractivity contribution is 6.32. The van der Waals surface area contributed by atoms with Crippen LogP contribution < -0.4 is 5.32 Å². The molecule has 0 unspecified atom stereocenters. The van der Waals surface area contributed by atoms with Gasteiger partial charge in [-0.05, 0) is 43.4 Å². The minimum atomic E-state index is -0.150. The van der Waals surface area contributed by atoms with Gasteiger partial charge in [0, 0.05) is 6.04 Å². The summed E-state index contributed by atoms with van der Waals surface area (Å²) < 4.78 is 4.85. The summed E-state index contributed by atoms with van der Waals surface area (Å²) in [5, 5.41) is 3.06. The number of carbonyl (C=O) groups excluding carboxylic acids is 1. The Hall–Kier alpha value is -0.960. The summed E-state index contributed by atoms with van der Waals surface area (Å²) in [7, 11) is 0. The van der Waals surface area contributed by atoms with E-state index in [4.69, 9.17) is 16.0 Å². The molecule has 1 aromatic rings. The summed E-state index contributed by atoms with van der Waals surface area (Å²) >= 11 is 5.69. The van der Waals surface area contributed by atoms with Crippen LogP contribution in [0.15, 0.2) is 16.7 Å². The van der Waals surface area contributed by atoms with Gasteiger partial charge in [0.25, 0.3) is 5.91 Å². The second kappa shape index (κ2) is 3.65. The molecular weight excluding hydrogens is 202 g/mol. The molecule has 1 aliphatic carbocycles. The van der Waals surface area contributed by atoms with Crippen LogP contribution in [-0.2, 0) is 0 Å². The normalized spacial score (nSPS) is 17.9. The van der Waals surface area contributed by atoms with Gasteiger partial charge >= 0.3 is 0 Å². The van der Waals surface area contributed by atoms with E-state index in [1.807, 2.05) is 6.92 Å². The van der Waals surface area contributed by atoms with Crippen LogP contribution in [0.2, 0.25) is 5.22 Å². The van der Waals surface area contributed by atoms with Crippen LogP contribution in [0.1, 0.15) is 30.1 Å². The van der Waals surface area contributed by atoms with Crippen molar-refractivity contribution in [3.63, 3.8) is 0 Å². The van der Waals surface area contributed by atoms with Crippen molar-refractivity contribution in [2.24, 2.45) is 5.92 Å². The van der Waals surface area contributed by atoms with Gasteiger partial charge < -0.3 is 9.73 Å². The van der Waals surface area contributed by atoms with Gasteiger partial charge in [-0.1, -0.05) is 0 Å². The van der Waals surface area contributed by atoms with Crippen molar-refractivity contribution < 1.29 is 9.21 Å². The molecule has 0 aliphatic heterocycles. The van der Waals surface area contributed by atoms with Crippen LogP contribution >= 0.6 is 11.6 Å². The Kier molecular flexibility index (Phi) is 2.50. The quantitative estimate of drug-likeness (QED) is 0.838. The minimum Gasteiger partial charge on any atom is -0.452 e. The first kappa shape index (κ1) is 9.59. The molecule has 0 bridgehead atoms. The summed E-state index contributed by atoms with van der Waals surface area (Å²) in [5.74, 6) is 0.493. The van der Waals surface area contributed by atoms with Crippen molar-refractivity contribution in [2.75, 3.05) is 0 Å². The number of halogens is 1. The average Bonchev–Trinajstić information content (AvgIpc) is 2.89. The standard InChI is InChI=1S/C10H12ClNO2/c1-6(7-2-3-7)12-10(13)8-4-5-14-9(8)11/h4-7H,2-3H2,1H3,(H,12,13)/t6-/m1/s1. The monoisotopic (exact) mass is 213 g/mol. The molecule has 1 atom stereocenters. The van der Waals surface area contributed by atoms with Crippen LogP contribution in [-0.4, -0.2) is 11.9 Å². The van der Waals surface area contributed by atoms with Crippen LogP contribution in [0.5, 0.6) is 0 Å². The predicted molar refractivity (Wildman–Crippen MR) is 53.4 cm³/mol. The van der Waals surface area contributed by atoms with E-state index in [0.29, 0.717) is 11.5 Å². The number of hydrogen-bond donors (Lipinski definition) is 1. The summed E-state index contributed by atoms with van der Waals surface area (Å²) in [6.45, 7) is 2.02. The van der Waals surface area contributed by atoms with Crippen LogP contribution in [0, 0.1) is 5.92 Å². The predicted octanol–water partition coefficient (Wildman–Crippen LogP) is 2.46. The first-order chi connectivity index (χ1) is 6.68. The smallest absolute Gasteiger partial charge is 0.256 e. The second-order valence-corrected chi connectivity index (χ2v) is 4.05. The van der Waals surface area contributed by atoms with Crippen LogP contribution in [0.3, 0.4) is 0 Å². The molecule has 4 heteroatoms. The molecule has 76 valence electrons.